The van der Waals surface area contributed by atoms with E-state index < -0.39 is 0 Å². The third-order valence-electron chi connectivity index (χ3n) is 2.45. The molecule has 0 saturated heterocycles. The van der Waals surface area contributed by atoms with Crippen molar-refractivity contribution in [3.8, 4) is 11.8 Å². The first-order valence-electron chi connectivity index (χ1n) is 5.84. The number of aromatic nitrogens is 1. The number of carbonyl (C=O) groups is 1. The summed E-state index contributed by atoms with van der Waals surface area (Å²) in [6.45, 7) is 2.09. The van der Waals surface area contributed by atoms with E-state index in [4.69, 9.17) is 0 Å². The molecule has 0 aliphatic heterocycles. The molecule has 1 aromatic heterocycles. The van der Waals surface area contributed by atoms with Crippen LogP contribution in [-0.2, 0) is 4.79 Å². The summed E-state index contributed by atoms with van der Waals surface area (Å²) in [7, 11) is 0. The van der Waals surface area contributed by atoms with Gasteiger partial charge in [-0.3, -0.25) is 9.78 Å². The van der Waals surface area contributed by atoms with Crippen LogP contribution in [0.1, 0.15) is 18.9 Å². The Kier molecular flexibility index (Phi) is 3.93. The van der Waals surface area contributed by atoms with Crippen molar-refractivity contribution in [3.05, 3.63) is 42.1 Å². The topological polar surface area (TPSA) is 42.0 Å². The van der Waals surface area contributed by atoms with Crippen molar-refractivity contribution in [1.29, 1.82) is 0 Å². The molecule has 2 aromatic rings. The van der Waals surface area contributed by atoms with Crippen molar-refractivity contribution < 1.29 is 4.79 Å². The fraction of sp³-hybridized carbons (Fsp3) is 0.200. The van der Waals surface area contributed by atoms with E-state index in [1.165, 1.54) is 6.92 Å². The van der Waals surface area contributed by atoms with Crippen LogP contribution in [0.3, 0.4) is 0 Å². The lowest BCUT2D eigenvalue weighted by molar-refractivity contribution is -0.118. The van der Waals surface area contributed by atoms with Gasteiger partial charge in [0, 0.05) is 37.0 Å². The smallest absolute Gasteiger partial charge is 0.216 e. The minimum atomic E-state index is -0.0239. The Labute approximate surface area is 106 Å². The van der Waals surface area contributed by atoms with Gasteiger partial charge < -0.3 is 5.32 Å². The zero-order valence-corrected chi connectivity index (χ0v) is 10.2. The van der Waals surface area contributed by atoms with Gasteiger partial charge in [-0.15, -0.1) is 0 Å². The van der Waals surface area contributed by atoms with Crippen LogP contribution in [0.4, 0.5) is 0 Å². The van der Waals surface area contributed by atoms with Crippen LogP contribution in [-0.4, -0.2) is 17.4 Å². The Morgan fingerprint density at radius 1 is 1.39 bits per heavy atom. The zero-order chi connectivity index (χ0) is 12.8. The predicted octanol–water partition coefficient (Wildman–Crippen LogP) is 2.11. The molecule has 0 spiro atoms. The minimum Gasteiger partial charge on any atom is -0.355 e. The van der Waals surface area contributed by atoms with Gasteiger partial charge in [0.25, 0.3) is 0 Å². The SMILES string of the molecule is CC(=O)NCCC#Cc1cnc2ccccc2c1. The maximum absolute atomic E-state index is 10.7. The molecule has 90 valence electrons. The monoisotopic (exact) mass is 238 g/mol. The van der Waals surface area contributed by atoms with E-state index in [9.17, 15) is 4.79 Å². The van der Waals surface area contributed by atoms with Crippen LogP contribution in [0.15, 0.2) is 36.5 Å². The Hall–Kier alpha value is -2.34. The number of hydrogen-bond acceptors (Lipinski definition) is 2. The van der Waals surface area contributed by atoms with Gasteiger partial charge in [-0.25, -0.2) is 0 Å². The fourth-order valence-electron chi connectivity index (χ4n) is 1.60. The molecule has 1 aromatic carbocycles. The Balaban J connectivity index is 2.03. The highest BCUT2D eigenvalue weighted by Gasteiger charge is 1.94. The number of nitrogens with one attached hydrogen (secondary N) is 1. The Morgan fingerprint density at radius 2 is 2.22 bits per heavy atom. The molecule has 0 fully saturated rings. The lowest BCUT2D eigenvalue weighted by atomic mass is 10.1. The number of carbonyl (C=O) groups excluding carboxylic acids is 1. The number of nitrogens with zero attached hydrogens (tertiary/aromatic N) is 1. The second kappa shape index (κ2) is 5.83. The Morgan fingerprint density at radius 3 is 3.06 bits per heavy atom. The summed E-state index contributed by atoms with van der Waals surface area (Å²) in [6, 6.07) is 9.97. The lowest BCUT2D eigenvalue weighted by Crippen LogP contribution is -2.20. The molecule has 0 atom stereocenters. The molecule has 1 N–H and O–H groups in total. The Bertz CT molecular complexity index is 623. The molecule has 2 rings (SSSR count). The maximum Gasteiger partial charge on any atom is 0.216 e. The molecule has 0 bridgehead atoms. The van der Waals surface area contributed by atoms with Crippen LogP contribution in [0.25, 0.3) is 10.9 Å². The fourth-order valence-corrected chi connectivity index (χ4v) is 1.60. The highest BCUT2D eigenvalue weighted by atomic mass is 16.1. The van der Waals surface area contributed by atoms with E-state index in [2.05, 4.69) is 22.1 Å². The van der Waals surface area contributed by atoms with Gasteiger partial charge in [-0.05, 0) is 12.1 Å². The number of benzene rings is 1. The lowest BCUT2D eigenvalue weighted by Gasteiger charge is -1.97. The quantitative estimate of drug-likeness (QED) is 0.643. The summed E-state index contributed by atoms with van der Waals surface area (Å²) in [5, 5.41) is 3.79. The number of amides is 1. The van der Waals surface area contributed by atoms with E-state index in [0.717, 1.165) is 16.5 Å². The van der Waals surface area contributed by atoms with Crippen molar-refractivity contribution in [3.63, 3.8) is 0 Å². The maximum atomic E-state index is 10.7. The normalized spacial score (nSPS) is 9.61. The molecule has 18 heavy (non-hydrogen) atoms. The van der Waals surface area contributed by atoms with E-state index in [1.54, 1.807) is 6.20 Å². The zero-order valence-electron chi connectivity index (χ0n) is 10.2. The van der Waals surface area contributed by atoms with Gasteiger partial charge in [-0.2, -0.15) is 0 Å². The van der Waals surface area contributed by atoms with Crippen molar-refractivity contribution in [2.24, 2.45) is 0 Å². The van der Waals surface area contributed by atoms with Gasteiger partial charge in [0.15, 0.2) is 0 Å². The van der Waals surface area contributed by atoms with Crippen LogP contribution in [0.5, 0.6) is 0 Å². The molecule has 0 unspecified atom stereocenters. The number of rotatable bonds is 2. The summed E-state index contributed by atoms with van der Waals surface area (Å²) in [5.74, 6) is 6.04. The van der Waals surface area contributed by atoms with E-state index in [0.29, 0.717) is 13.0 Å². The summed E-state index contributed by atoms with van der Waals surface area (Å²) in [4.78, 5) is 15.0. The van der Waals surface area contributed by atoms with E-state index in [1.807, 2.05) is 30.3 Å². The number of para-hydroxylation sites is 1. The number of fused-ring (bicyclic) bond motifs is 1. The number of hydrogen-bond donors (Lipinski definition) is 1. The predicted molar refractivity (Wildman–Crippen MR) is 71.9 cm³/mol. The first-order chi connectivity index (χ1) is 8.75. The standard InChI is InChI=1S/C15H14N2O/c1-12(18)16-9-5-4-6-13-10-14-7-2-3-8-15(14)17-11-13/h2-3,7-8,10-11H,5,9H2,1H3,(H,16,18). The molecule has 3 heteroatoms. The molecule has 0 aliphatic carbocycles. The average molecular weight is 238 g/mol. The van der Waals surface area contributed by atoms with Crippen molar-refractivity contribution in [1.82, 2.24) is 10.3 Å². The van der Waals surface area contributed by atoms with Gasteiger partial charge in [0.2, 0.25) is 5.91 Å². The molecular weight excluding hydrogens is 224 g/mol. The van der Waals surface area contributed by atoms with E-state index in [-0.39, 0.29) is 5.91 Å². The number of pyridine rings is 1. The minimum absolute atomic E-state index is 0.0239. The summed E-state index contributed by atoms with van der Waals surface area (Å²) < 4.78 is 0. The second-order valence-corrected chi connectivity index (χ2v) is 3.95. The molecular formula is C15H14N2O. The highest BCUT2D eigenvalue weighted by Crippen LogP contribution is 2.11. The van der Waals surface area contributed by atoms with Gasteiger partial charge in [0.05, 0.1) is 5.52 Å². The van der Waals surface area contributed by atoms with Crippen LogP contribution >= 0.6 is 0 Å². The van der Waals surface area contributed by atoms with E-state index >= 15 is 0 Å². The van der Waals surface area contributed by atoms with Crippen molar-refractivity contribution >= 4 is 16.8 Å². The highest BCUT2D eigenvalue weighted by molar-refractivity contribution is 5.79. The summed E-state index contributed by atoms with van der Waals surface area (Å²) >= 11 is 0. The van der Waals surface area contributed by atoms with Crippen LogP contribution in [0, 0.1) is 11.8 Å². The second-order valence-electron chi connectivity index (χ2n) is 3.95. The van der Waals surface area contributed by atoms with Gasteiger partial charge >= 0.3 is 0 Å². The molecule has 0 saturated carbocycles. The van der Waals surface area contributed by atoms with Gasteiger partial charge in [-0.1, -0.05) is 30.0 Å². The summed E-state index contributed by atoms with van der Waals surface area (Å²) in [6.07, 6.45) is 2.42. The molecule has 3 nitrogen and oxygen atoms in total. The third kappa shape index (κ3) is 3.33. The first-order valence-corrected chi connectivity index (χ1v) is 5.84. The van der Waals surface area contributed by atoms with Crippen LogP contribution in [0.2, 0.25) is 0 Å². The van der Waals surface area contributed by atoms with Gasteiger partial charge in [0.1, 0.15) is 0 Å². The van der Waals surface area contributed by atoms with Crippen LogP contribution < -0.4 is 5.32 Å². The third-order valence-corrected chi connectivity index (χ3v) is 2.45. The molecule has 0 radical (unpaired) electrons. The first kappa shape index (κ1) is 12.1. The average Bonchev–Trinajstić information content (AvgIpc) is 2.38. The largest absolute Gasteiger partial charge is 0.355 e. The van der Waals surface area contributed by atoms with Crippen molar-refractivity contribution in [2.75, 3.05) is 6.54 Å². The summed E-state index contributed by atoms with van der Waals surface area (Å²) in [5.41, 5.74) is 1.87. The van der Waals surface area contributed by atoms with Crippen molar-refractivity contribution in [2.45, 2.75) is 13.3 Å². The molecule has 1 amide bonds. The molecule has 0 aliphatic rings. The molecule has 1 heterocycles.